The minimum absolute atomic E-state index is 0.0699. The highest BCUT2D eigenvalue weighted by Gasteiger charge is 2.19. The lowest BCUT2D eigenvalue weighted by Gasteiger charge is -2.32. The van der Waals surface area contributed by atoms with E-state index < -0.39 is 0 Å². The van der Waals surface area contributed by atoms with E-state index >= 15 is 0 Å². The van der Waals surface area contributed by atoms with Crippen molar-refractivity contribution in [2.24, 2.45) is 5.92 Å². The molecule has 0 saturated heterocycles. The van der Waals surface area contributed by atoms with Gasteiger partial charge in [-0.05, 0) is 115 Å². The Kier molecular flexibility index (Phi) is 11.8. The maximum Gasteiger partial charge on any atom is 0.0570 e. The van der Waals surface area contributed by atoms with Gasteiger partial charge in [0, 0.05) is 46.5 Å². The zero-order valence-electron chi connectivity index (χ0n) is 31.9. The number of allylic oxidation sites excluding steroid dienone is 16. The number of nitrogens with zero attached hydrogens (tertiary/aromatic N) is 2. The van der Waals surface area contributed by atoms with Gasteiger partial charge in [0.25, 0.3) is 0 Å². The maximum atomic E-state index is 3.46. The first-order valence-electron chi connectivity index (χ1n) is 20.0. The van der Waals surface area contributed by atoms with E-state index in [9.17, 15) is 0 Å². The van der Waals surface area contributed by atoms with Crippen LogP contribution in [0, 0.1) is 17.8 Å². The average Bonchev–Trinajstić information content (AvgIpc) is 3.26. The summed E-state index contributed by atoms with van der Waals surface area (Å²) in [4.78, 5) is 4.72. The Balaban J connectivity index is 0.874. The molecule has 2 nitrogen and oxygen atoms in total. The van der Waals surface area contributed by atoms with Crippen molar-refractivity contribution in [3.63, 3.8) is 0 Å². The number of hydrogen-bond donors (Lipinski definition) is 0. The normalized spacial score (nSPS) is 20.5. The largest absolute Gasteiger partial charge is 0.315 e. The summed E-state index contributed by atoms with van der Waals surface area (Å²) in [6.45, 7) is 0. The molecule has 0 aliphatic heterocycles. The van der Waals surface area contributed by atoms with Crippen molar-refractivity contribution in [1.82, 2.24) is 4.90 Å². The third-order valence-electron chi connectivity index (χ3n) is 10.6. The van der Waals surface area contributed by atoms with Gasteiger partial charge in [0.2, 0.25) is 0 Å². The molecular weight excluding hydrogens is 677 g/mol. The number of hydrogen-bond acceptors (Lipinski definition) is 2. The van der Waals surface area contributed by atoms with Gasteiger partial charge in [-0.1, -0.05) is 158 Å². The number of rotatable bonds is 11. The molecule has 0 saturated carbocycles. The Morgan fingerprint density at radius 1 is 0.571 bits per heavy atom. The van der Waals surface area contributed by atoms with Gasteiger partial charge in [-0.2, -0.15) is 0 Å². The van der Waals surface area contributed by atoms with Crippen LogP contribution in [0.4, 0.5) is 17.1 Å². The molecule has 56 heavy (non-hydrogen) atoms. The van der Waals surface area contributed by atoms with E-state index in [0.29, 0.717) is 5.92 Å². The molecule has 0 fully saturated rings. The molecule has 0 bridgehead atoms. The molecule has 4 aliphatic carbocycles. The Morgan fingerprint density at radius 3 is 1.91 bits per heavy atom. The summed E-state index contributed by atoms with van der Waals surface area (Å²) in [6, 6.07) is 38.8. The zero-order valence-corrected chi connectivity index (χ0v) is 31.9. The lowest BCUT2D eigenvalue weighted by molar-refractivity contribution is 0.521. The van der Waals surface area contributed by atoms with E-state index in [1.807, 2.05) is 0 Å². The SMILES string of the molecule is C1#CC(/C=C/C2=CCC(c3ccc(/C=C/c4ccc(N(c5ccccc5)c5ccccc5)cc4)cc3)C=C2)/C=C\C(N(C2=CCCC=C2)C2=CC=CCC2)=C/C1. The van der Waals surface area contributed by atoms with Crippen LogP contribution in [0.3, 0.4) is 0 Å². The monoisotopic (exact) mass is 724 g/mol. The van der Waals surface area contributed by atoms with Gasteiger partial charge in [-0.25, -0.2) is 0 Å². The topological polar surface area (TPSA) is 6.48 Å². The molecule has 2 unspecified atom stereocenters. The summed E-state index contributed by atoms with van der Waals surface area (Å²) in [5, 5.41) is 0. The van der Waals surface area contributed by atoms with Crippen LogP contribution in [0.5, 0.6) is 0 Å². The second-order valence-corrected chi connectivity index (χ2v) is 14.5. The molecule has 4 aromatic rings. The Morgan fingerprint density at radius 2 is 1.27 bits per heavy atom. The van der Waals surface area contributed by atoms with E-state index in [2.05, 4.69) is 228 Å². The number of anilines is 3. The molecule has 0 radical (unpaired) electrons. The molecule has 0 N–H and O–H groups in total. The summed E-state index contributed by atoms with van der Waals surface area (Å²) >= 11 is 0. The van der Waals surface area contributed by atoms with Gasteiger partial charge >= 0.3 is 0 Å². The van der Waals surface area contributed by atoms with E-state index in [1.54, 1.807) is 0 Å². The van der Waals surface area contributed by atoms with Gasteiger partial charge in [-0.15, -0.1) is 0 Å². The van der Waals surface area contributed by atoms with Crippen molar-refractivity contribution in [2.75, 3.05) is 4.90 Å². The fourth-order valence-corrected chi connectivity index (χ4v) is 7.56. The average molecular weight is 725 g/mol. The van der Waals surface area contributed by atoms with Gasteiger partial charge in [0.05, 0.1) is 5.92 Å². The van der Waals surface area contributed by atoms with Crippen molar-refractivity contribution in [2.45, 2.75) is 44.4 Å². The molecule has 0 amide bonds. The minimum atomic E-state index is 0.0699. The first-order valence-corrected chi connectivity index (χ1v) is 20.0. The predicted octanol–water partition coefficient (Wildman–Crippen LogP) is 14.1. The number of para-hydroxylation sites is 2. The van der Waals surface area contributed by atoms with Crippen LogP contribution in [-0.2, 0) is 0 Å². The van der Waals surface area contributed by atoms with Crippen LogP contribution < -0.4 is 4.90 Å². The Hall–Kier alpha value is -6.56. The molecule has 274 valence electrons. The summed E-state index contributed by atoms with van der Waals surface area (Å²) in [5.41, 5.74) is 12.2. The van der Waals surface area contributed by atoms with Gasteiger partial charge < -0.3 is 9.80 Å². The van der Waals surface area contributed by atoms with Crippen LogP contribution in [-0.4, -0.2) is 4.90 Å². The van der Waals surface area contributed by atoms with Crippen molar-refractivity contribution in [1.29, 1.82) is 0 Å². The van der Waals surface area contributed by atoms with Crippen LogP contribution in [0.1, 0.15) is 61.1 Å². The lowest BCUT2D eigenvalue weighted by Crippen LogP contribution is -2.22. The van der Waals surface area contributed by atoms with E-state index in [-0.39, 0.29) is 5.92 Å². The highest BCUT2D eigenvalue weighted by atomic mass is 15.2. The van der Waals surface area contributed by atoms with E-state index in [4.69, 9.17) is 0 Å². The van der Waals surface area contributed by atoms with Crippen LogP contribution >= 0.6 is 0 Å². The van der Waals surface area contributed by atoms with Gasteiger partial charge in [0.1, 0.15) is 0 Å². The van der Waals surface area contributed by atoms with E-state index in [1.165, 1.54) is 39.4 Å². The Bertz CT molecular complexity index is 2310. The first kappa shape index (κ1) is 36.4. The van der Waals surface area contributed by atoms with Crippen molar-refractivity contribution in [3.05, 3.63) is 234 Å². The van der Waals surface area contributed by atoms with Gasteiger partial charge in [-0.3, -0.25) is 0 Å². The summed E-state index contributed by atoms with van der Waals surface area (Å²) in [6.07, 6.45) is 42.3. The second kappa shape index (κ2) is 18.2. The van der Waals surface area contributed by atoms with Crippen molar-refractivity contribution in [3.8, 4) is 11.8 Å². The fraction of sp³-hybridized carbons (Fsp3) is 0.148. The molecule has 2 atom stereocenters. The molecule has 0 heterocycles. The summed E-state index contributed by atoms with van der Waals surface area (Å²) < 4.78 is 0. The molecule has 2 heteroatoms. The van der Waals surface area contributed by atoms with E-state index in [0.717, 1.165) is 55.6 Å². The molecule has 4 aliphatic rings. The van der Waals surface area contributed by atoms with Gasteiger partial charge in [0.15, 0.2) is 0 Å². The quantitative estimate of drug-likeness (QED) is 0.112. The second-order valence-electron chi connectivity index (χ2n) is 14.5. The van der Waals surface area contributed by atoms with Crippen molar-refractivity contribution >= 4 is 29.2 Å². The van der Waals surface area contributed by atoms with Crippen LogP contribution in [0.2, 0.25) is 0 Å². The lowest BCUT2D eigenvalue weighted by atomic mass is 9.89. The first-order chi connectivity index (χ1) is 27.8. The summed E-state index contributed by atoms with van der Waals surface area (Å²) in [7, 11) is 0. The molecule has 8 rings (SSSR count). The highest BCUT2D eigenvalue weighted by molar-refractivity contribution is 5.78. The zero-order chi connectivity index (χ0) is 37.8. The highest BCUT2D eigenvalue weighted by Crippen LogP contribution is 2.35. The molecule has 0 aromatic heterocycles. The predicted molar refractivity (Wildman–Crippen MR) is 238 cm³/mol. The minimum Gasteiger partial charge on any atom is -0.315 e. The Labute approximate surface area is 333 Å². The van der Waals surface area contributed by atoms with Crippen LogP contribution in [0.25, 0.3) is 12.2 Å². The third-order valence-corrected chi connectivity index (χ3v) is 10.6. The molecule has 0 spiro atoms. The smallest absolute Gasteiger partial charge is 0.0570 e. The molecular formula is C54H48N2. The third kappa shape index (κ3) is 9.20. The summed E-state index contributed by atoms with van der Waals surface area (Å²) in [5.74, 6) is 7.32. The fourth-order valence-electron chi connectivity index (χ4n) is 7.56. The van der Waals surface area contributed by atoms with Crippen LogP contribution in [0.15, 0.2) is 217 Å². The standard InChI is InChI=1S/C54H48N2/c1-5-16-49(17-6-1)55(50-18-7-2-8-19-50)53-24-14-13-15-43(33-40-53)25-26-44-29-36-47(37-30-44)48-38-31-45(32-39-48)27-28-46-34-41-54(42-35-46)56(51-20-9-3-10-21-51)52-22-11-4-12-23-52/h1,3-5,7,9-12,16,18-36,38-43,47H,2,6,8,14,17,37H2/b26-25+,28-27+,40-33-,53-24+. The maximum absolute atomic E-state index is 3.46. The number of benzene rings is 4. The van der Waals surface area contributed by atoms with Crippen molar-refractivity contribution < 1.29 is 0 Å². The molecule has 4 aromatic carbocycles.